The van der Waals surface area contributed by atoms with Gasteiger partial charge in [0.1, 0.15) is 17.7 Å². The monoisotopic (exact) mass is 408 g/mol. The lowest BCUT2D eigenvalue weighted by molar-refractivity contribution is -0.0980. The molecule has 2 aromatic carbocycles. The van der Waals surface area contributed by atoms with Crippen molar-refractivity contribution in [2.75, 3.05) is 20.3 Å². The Balaban J connectivity index is 1.87. The molecule has 1 aliphatic rings. The van der Waals surface area contributed by atoms with Crippen molar-refractivity contribution in [2.45, 2.75) is 44.6 Å². The molecule has 0 spiro atoms. The predicted molar refractivity (Wildman–Crippen MR) is 107 cm³/mol. The molecule has 0 bridgehead atoms. The summed E-state index contributed by atoms with van der Waals surface area (Å²) in [7, 11) is 1.56. The minimum Gasteiger partial charge on any atom is -0.496 e. The van der Waals surface area contributed by atoms with Crippen molar-refractivity contribution < 1.29 is 23.7 Å². The Morgan fingerprint density at radius 1 is 1.21 bits per heavy atom. The maximum absolute atomic E-state index is 14.1. The summed E-state index contributed by atoms with van der Waals surface area (Å²) in [5.41, 5.74) is 2.75. The van der Waals surface area contributed by atoms with Gasteiger partial charge in [-0.25, -0.2) is 4.39 Å². The molecule has 4 nitrogen and oxygen atoms in total. The standard InChI is InChI=1S/C22H26ClFO4/c1-3-27-17-6-4-14(5-7-17)8-15-9-19(21(26-2)12-20(15)23)22-11-16(24)10-18(13-25)28-22/h4-7,9,12,16,18,22,25H,3,8,10-11,13H2,1-2H3/t16-,18-,22+/m0/s1. The molecule has 1 heterocycles. The summed E-state index contributed by atoms with van der Waals surface area (Å²) >= 11 is 6.48. The lowest BCUT2D eigenvalue weighted by Crippen LogP contribution is -2.31. The number of halogens is 2. The summed E-state index contributed by atoms with van der Waals surface area (Å²) < 4.78 is 31.0. The van der Waals surface area contributed by atoms with E-state index < -0.39 is 18.4 Å². The van der Waals surface area contributed by atoms with Gasteiger partial charge in [0.15, 0.2) is 0 Å². The van der Waals surface area contributed by atoms with E-state index in [0.717, 1.165) is 22.4 Å². The van der Waals surface area contributed by atoms with Crippen LogP contribution < -0.4 is 9.47 Å². The van der Waals surface area contributed by atoms with Crippen LogP contribution in [0.2, 0.25) is 5.02 Å². The van der Waals surface area contributed by atoms with Gasteiger partial charge in [-0.15, -0.1) is 0 Å². The van der Waals surface area contributed by atoms with Crippen LogP contribution in [0, 0.1) is 0 Å². The molecule has 1 N–H and O–H groups in total. The Hall–Kier alpha value is -1.82. The van der Waals surface area contributed by atoms with Gasteiger partial charge in [-0.1, -0.05) is 23.7 Å². The zero-order valence-corrected chi connectivity index (χ0v) is 16.9. The van der Waals surface area contributed by atoms with E-state index in [0.29, 0.717) is 23.8 Å². The summed E-state index contributed by atoms with van der Waals surface area (Å²) in [5, 5.41) is 9.98. The second kappa shape index (κ2) is 9.59. The highest BCUT2D eigenvalue weighted by Crippen LogP contribution is 2.40. The van der Waals surface area contributed by atoms with Gasteiger partial charge >= 0.3 is 0 Å². The maximum atomic E-state index is 14.1. The predicted octanol–water partition coefficient (Wildman–Crippen LogP) is 4.89. The molecule has 152 valence electrons. The number of ether oxygens (including phenoxy) is 3. The van der Waals surface area contributed by atoms with Gasteiger partial charge in [-0.3, -0.25) is 0 Å². The lowest BCUT2D eigenvalue weighted by Gasteiger charge is -2.32. The molecule has 1 saturated heterocycles. The Kier molecular flexibility index (Phi) is 7.16. The number of methoxy groups -OCH3 is 1. The highest BCUT2D eigenvalue weighted by molar-refractivity contribution is 6.31. The second-order valence-electron chi connectivity index (χ2n) is 6.94. The SMILES string of the molecule is CCOc1ccc(Cc2cc([C@H]3C[C@@H](F)C[C@@H](CO)O3)c(OC)cc2Cl)cc1. The molecule has 0 aromatic heterocycles. The van der Waals surface area contributed by atoms with E-state index in [4.69, 9.17) is 25.8 Å². The van der Waals surface area contributed by atoms with E-state index in [2.05, 4.69) is 0 Å². The summed E-state index contributed by atoms with van der Waals surface area (Å²) in [5.74, 6) is 1.39. The molecule has 1 fully saturated rings. The van der Waals surface area contributed by atoms with E-state index in [1.165, 1.54) is 0 Å². The zero-order chi connectivity index (χ0) is 20.1. The number of benzene rings is 2. The molecular weight excluding hydrogens is 383 g/mol. The first-order valence-electron chi connectivity index (χ1n) is 9.52. The highest BCUT2D eigenvalue weighted by atomic mass is 35.5. The fourth-order valence-electron chi connectivity index (χ4n) is 3.55. The number of aliphatic hydroxyl groups is 1. The van der Waals surface area contributed by atoms with E-state index in [-0.39, 0.29) is 19.4 Å². The van der Waals surface area contributed by atoms with Crippen molar-refractivity contribution in [1.82, 2.24) is 0 Å². The smallest absolute Gasteiger partial charge is 0.126 e. The lowest BCUT2D eigenvalue weighted by atomic mass is 9.93. The third-order valence-corrected chi connectivity index (χ3v) is 5.28. The zero-order valence-electron chi connectivity index (χ0n) is 16.2. The Morgan fingerprint density at radius 2 is 1.96 bits per heavy atom. The average Bonchev–Trinajstić information content (AvgIpc) is 2.70. The topological polar surface area (TPSA) is 47.9 Å². The van der Waals surface area contributed by atoms with Gasteiger partial charge in [-0.05, 0) is 48.7 Å². The number of hydrogen-bond acceptors (Lipinski definition) is 4. The minimum absolute atomic E-state index is 0.203. The number of hydrogen-bond donors (Lipinski definition) is 1. The van der Waals surface area contributed by atoms with Crippen molar-refractivity contribution in [3.8, 4) is 11.5 Å². The minimum atomic E-state index is -1.02. The van der Waals surface area contributed by atoms with Crippen molar-refractivity contribution in [2.24, 2.45) is 0 Å². The molecule has 1 aliphatic heterocycles. The van der Waals surface area contributed by atoms with Crippen molar-refractivity contribution in [3.05, 3.63) is 58.1 Å². The maximum Gasteiger partial charge on any atom is 0.126 e. The van der Waals surface area contributed by atoms with E-state index in [1.54, 1.807) is 13.2 Å². The van der Waals surface area contributed by atoms with E-state index in [9.17, 15) is 9.50 Å². The first kappa shape index (κ1) is 20.9. The number of aliphatic hydroxyl groups excluding tert-OH is 1. The summed E-state index contributed by atoms with van der Waals surface area (Å²) in [6.45, 7) is 2.37. The fourth-order valence-corrected chi connectivity index (χ4v) is 3.77. The van der Waals surface area contributed by atoms with Crippen LogP contribution in [-0.4, -0.2) is 37.7 Å². The van der Waals surface area contributed by atoms with Crippen molar-refractivity contribution >= 4 is 11.6 Å². The van der Waals surface area contributed by atoms with Crippen LogP contribution in [0.4, 0.5) is 4.39 Å². The number of alkyl halides is 1. The molecule has 0 saturated carbocycles. The molecular formula is C22H26ClFO4. The van der Waals surface area contributed by atoms with Gasteiger partial charge in [0.2, 0.25) is 0 Å². The Bertz CT molecular complexity index is 781. The van der Waals surface area contributed by atoms with Crippen LogP contribution in [0.25, 0.3) is 0 Å². The molecule has 0 unspecified atom stereocenters. The summed E-state index contributed by atoms with van der Waals surface area (Å²) in [4.78, 5) is 0. The summed E-state index contributed by atoms with van der Waals surface area (Å²) in [6, 6.07) is 11.5. The first-order valence-corrected chi connectivity index (χ1v) is 9.90. The van der Waals surface area contributed by atoms with Gasteiger partial charge < -0.3 is 19.3 Å². The van der Waals surface area contributed by atoms with Crippen LogP contribution in [0.15, 0.2) is 36.4 Å². The third-order valence-electron chi connectivity index (χ3n) is 4.92. The highest BCUT2D eigenvalue weighted by Gasteiger charge is 2.32. The molecule has 0 amide bonds. The van der Waals surface area contributed by atoms with Gasteiger partial charge in [0.25, 0.3) is 0 Å². The molecule has 0 aliphatic carbocycles. The van der Waals surface area contributed by atoms with E-state index >= 15 is 0 Å². The van der Waals surface area contributed by atoms with Crippen LogP contribution >= 0.6 is 11.6 Å². The molecule has 2 aromatic rings. The van der Waals surface area contributed by atoms with Crippen LogP contribution in [0.3, 0.4) is 0 Å². The Labute approximate surface area is 170 Å². The molecule has 0 radical (unpaired) electrons. The third kappa shape index (κ3) is 4.96. The summed E-state index contributed by atoms with van der Waals surface area (Å²) in [6.07, 6.45) is -0.946. The quantitative estimate of drug-likeness (QED) is 0.708. The van der Waals surface area contributed by atoms with E-state index in [1.807, 2.05) is 37.3 Å². The first-order chi connectivity index (χ1) is 13.5. The van der Waals surface area contributed by atoms with Crippen molar-refractivity contribution in [1.29, 1.82) is 0 Å². The molecule has 3 atom stereocenters. The molecule has 6 heteroatoms. The van der Waals surface area contributed by atoms with Crippen LogP contribution in [0.5, 0.6) is 11.5 Å². The van der Waals surface area contributed by atoms with Crippen LogP contribution in [-0.2, 0) is 11.2 Å². The van der Waals surface area contributed by atoms with Gasteiger partial charge in [0, 0.05) is 23.4 Å². The number of rotatable bonds is 7. The van der Waals surface area contributed by atoms with Gasteiger partial charge in [-0.2, -0.15) is 0 Å². The average molecular weight is 409 g/mol. The molecule has 28 heavy (non-hydrogen) atoms. The largest absolute Gasteiger partial charge is 0.496 e. The molecule has 3 rings (SSSR count). The normalized spacial score (nSPS) is 22.1. The fraction of sp³-hybridized carbons (Fsp3) is 0.455. The van der Waals surface area contributed by atoms with Gasteiger partial charge in [0.05, 0.1) is 32.5 Å². The van der Waals surface area contributed by atoms with Crippen LogP contribution in [0.1, 0.15) is 42.6 Å². The second-order valence-corrected chi connectivity index (χ2v) is 7.34. The Morgan fingerprint density at radius 3 is 2.61 bits per heavy atom. The van der Waals surface area contributed by atoms with Crippen molar-refractivity contribution in [3.63, 3.8) is 0 Å².